The summed E-state index contributed by atoms with van der Waals surface area (Å²) in [5.74, 6) is -4.51. The van der Waals surface area contributed by atoms with E-state index in [9.17, 15) is 28.0 Å². The van der Waals surface area contributed by atoms with Gasteiger partial charge in [0.15, 0.2) is 5.37 Å². The van der Waals surface area contributed by atoms with Crippen LogP contribution in [0.25, 0.3) is 0 Å². The van der Waals surface area contributed by atoms with E-state index in [0.717, 1.165) is 6.20 Å². The molecule has 0 radical (unpaired) electrons. The molecule has 0 bridgehead atoms. The number of hydrogen-bond acceptors (Lipinski definition) is 10. The number of nitrogens with zero attached hydrogens (tertiary/aromatic N) is 2. The highest BCUT2D eigenvalue weighted by Crippen LogP contribution is 2.53. The molecular formula is C21H27F2N4O7PS. The first-order chi connectivity index (χ1) is 16.8. The van der Waals surface area contributed by atoms with Crippen LogP contribution in [0, 0.1) is 0 Å². The summed E-state index contributed by atoms with van der Waals surface area (Å²) in [6.07, 6.45) is -1.64. The van der Waals surface area contributed by atoms with Gasteiger partial charge in [-0.05, 0) is 39.0 Å². The lowest BCUT2D eigenvalue weighted by molar-refractivity contribution is -0.149. The number of aliphatic hydroxyl groups is 1. The fraction of sp³-hybridized carbons (Fsp3) is 0.476. The number of aliphatic hydroxyl groups excluding tert-OH is 1. The third kappa shape index (κ3) is 6.62. The summed E-state index contributed by atoms with van der Waals surface area (Å²) >= 11 is 0.540. The summed E-state index contributed by atoms with van der Waals surface area (Å²) in [5, 5.41) is 9.62. The number of benzene rings is 1. The number of halogens is 2. The predicted octanol–water partition coefficient (Wildman–Crippen LogP) is 2.57. The fourth-order valence-electron chi connectivity index (χ4n) is 3.22. The highest BCUT2D eigenvalue weighted by molar-refractivity contribution is 8.00. The number of ether oxygens (including phenoxy) is 1. The van der Waals surface area contributed by atoms with E-state index in [-0.39, 0.29) is 11.6 Å². The van der Waals surface area contributed by atoms with Gasteiger partial charge in [0.2, 0.25) is 0 Å². The molecule has 1 aliphatic heterocycles. The molecule has 3 rings (SSSR count). The standard InChI is InChI=1S/C21H27F2N4O7PS/c1-12(2)33-18(29)13(3)26-35(31,34-14-7-5-4-6-8-14)32-11-15-17(28)21(22,23)19(36-15)27-10-9-16(24)25-20(27)30/h4-10,12-13,15,17,19,28H,11H2,1-3H3,(H,26,31)(H2,24,25,30)/t13?,15-,17-,19-,35+/m1/s1. The molecule has 5 atom stereocenters. The van der Waals surface area contributed by atoms with Gasteiger partial charge in [-0.3, -0.25) is 13.9 Å². The number of hydrogen-bond donors (Lipinski definition) is 3. The van der Waals surface area contributed by atoms with Gasteiger partial charge in [0.1, 0.15) is 23.7 Å². The number of rotatable bonds is 10. The first-order valence-electron chi connectivity index (χ1n) is 10.9. The van der Waals surface area contributed by atoms with Gasteiger partial charge in [0.05, 0.1) is 18.0 Å². The van der Waals surface area contributed by atoms with Gasteiger partial charge in [-0.25, -0.2) is 18.1 Å². The van der Waals surface area contributed by atoms with Crippen molar-refractivity contribution in [3.63, 3.8) is 0 Å². The minimum Gasteiger partial charge on any atom is -0.462 e. The number of alkyl halides is 2. The van der Waals surface area contributed by atoms with Crippen LogP contribution < -0.4 is 21.0 Å². The number of esters is 1. The molecule has 0 spiro atoms. The maximum atomic E-state index is 14.9. The Hall–Kier alpha value is -2.51. The van der Waals surface area contributed by atoms with Crippen LogP contribution in [0.1, 0.15) is 26.1 Å². The molecule has 2 aromatic rings. The van der Waals surface area contributed by atoms with Crippen molar-refractivity contribution in [2.45, 2.75) is 55.6 Å². The molecular weight excluding hydrogens is 521 g/mol. The first-order valence-corrected chi connectivity index (χ1v) is 13.3. The van der Waals surface area contributed by atoms with Gasteiger partial charge >= 0.3 is 25.3 Å². The zero-order valence-corrected chi connectivity index (χ0v) is 21.3. The largest absolute Gasteiger partial charge is 0.462 e. The molecule has 11 nitrogen and oxygen atoms in total. The second-order valence-electron chi connectivity index (χ2n) is 8.22. The zero-order valence-electron chi connectivity index (χ0n) is 19.6. The van der Waals surface area contributed by atoms with Crippen LogP contribution >= 0.6 is 19.5 Å². The lowest BCUT2D eigenvalue weighted by Gasteiger charge is -2.25. The van der Waals surface area contributed by atoms with Crippen molar-refractivity contribution in [3.05, 3.63) is 53.1 Å². The Balaban J connectivity index is 1.79. The van der Waals surface area contributed by atoms with Crippen LogP contribution in [0.5, 0.6) is 5.75 Å². The van der Waals surface area contributed by atoms with E-state index in [1.165, 1.54) is 25.1 Å². The smallest absolute Gasteiger partial charge is 0.459 e. The van der Waals surface area contributed by atoms with Gasteiger partial charge < -0.3 is 20.1 Å². The van der Waals surface area contributed by atoms with Crippen molar-refractivity contribution < 1.29 is 37.0 Å². The van der Waals surface area contributed by atoms with E-state index in [2.05, 4.69) is 10.1 Å². The minimum absolute atomic E-state index is 0.125. The second-order valence-corrected chi connectivity index (χ2v) is 11.2. The minimum atomic E-state index is -4.34. The molecule has 2 heterocycles. The van der Waals surface area contributed by atoms with Crippen LogP contribution in [-0.2, 0) is 18.6 Å². The summed E-state index contributed by atoms with van der Waals surface area (Å²) in [5.41, 5.74) is 4.41. The Morgan fingerprint density at radius 1 is 1.31 bits per heavy atom. The maximum absolute atomic E-state index is 14.9. The number of carbonyl (C=O) groups is 1. The van der Waals surface area contributed by atoms with E-state index < -0.39 is 60.8 Å². The van der Waals surface area contributed by atoms with Crippen molar-refractivity contribution in [2.75, 3.05) is 12.3 Å². The number of nitrogen functional groups attached to an aromatic ring is 1. The van der Waals surface area contributed by atoms with Crippen LogP contribution in [0.15, 0.2) is 47.4 Å². The van der Waals surface area contributed by atoms with Crippen LogP contribution in [-0.4, -0.2) is 56.7 Å². The Morgan fingerprint density at radius 2 is 1.97 bits per heavy atom. The topological polar surface area (TPSA) is 155 Å². The Morgan fingerprint density at radius 3 is 2.58 bits per heavy atom. The SMILES string of the molecule is CC(C)OC(=O)C(C)N[P@](=O)(OC[C@H]1S[C@@H](n2ccc(N)nc2=O)C(F)(F)[C@@H]1O)Oc1ccccc1. The number of para-hydroxylation sites is 1. The molecule has 4 N–H and O–H groups in total. The summed E-state index contributed by atoms with van der Waals surface area (Å²) in [4.78, 5) is 27.8. The molecule has 0 aliphatic carbocycles. The van der Waals surface area contributed by atoms with E-state index in [0.29, 0.717) is 16.3 Å². The van der Waals surface area contributed by atoms with E-state index in [1.807, 2.05) is 0 Å². The van der Waals surface area contributed by atoms with Crippen molar-refractivity contribution >= 4 is 31.3 Å². The average molecular weight is 549 g/mol. The molecule has 0 saturated carbocycles. The van der Waals surface area contributed by atoms with Gasteiger partial charge in [-0.15, -0.1) is 11.8 Å². The van der Waals surface area contributed by atoms with E-state index in [4.69, 9.17) is 19.5 Å². The number of aromatic nitrogens is 2. The van der Waals surface area contributed by atoms with Gasteiger partial charge in [-0.1, -0.05) is 18.2 Å². The van der Waals surface area contributed by atoms with Crippen molar-refractivity contribution in [1.82, 2.24) is 14.6 Å². The fourth-order valence-corrected chi connectivity index (χ4v) is 6.25. The van der Waals surface area contributed by atoms with Gasteiger partial charge in [-0.2, -0.15) is 10.1 Å². The highest BCUT2D eigenvalue weighted by atomic mass is 32.2. The number of anilines is 1. The quantitative estimate of drug-likeness (QED) is 0.296. The summed E-state index contributed by atoms with van der Waals surface area (Å²) in [6.45, 7) is 3.98. The molecule has 36 heavy (non-hydrogen) atoms. The van der Waals surface area contributed by atoms with Gasteiger partial charge in [0.25, 0.3) is 0 Å². The normalized spacial score (nSPS) is 23.7. The van der Waals surface area contributed by atoms with Crippen LogP contribution in [0.3, 0.4) is 0 Å². The lowest BCUT2D eigenvalue weighted by Crippen LogP contribution is -2.42. The third-order valence-corrected chi connectivity index (χ3v) is 8.10. The average Bonchev–Trinajstić information content (AvgIpc) is 3.01. The van der Waals surface area contributed by atoms with Crippen molar-refractivity contribution in [1.29, 1.82) is 0 Å². The molecule has 1 unspecified atom stereocenters. The first kappa shape index (κ1) is 28.1. The van der Waals surface area contributed by atoms with E-state index in [1.54, 1.807) is 32.0 Å². The monoisotopic (exact) mass is 548 g/mol. The van der Waals surface area contributed by atoms with Gasteiger partial charge in [0, 0.05) is 6.20 Å². The summed E-state index contributed by atoms with van der Waals surface area (Å²) in [7, 11) is -4.34. The summed E-state index contributed by atoms with van der Waals surface area (Å²) < 4.78 is 60.0. The number of nitrogens with two attached hydrogens (primary N) is 1. The molecule has 1 aromatic heterocycles. The zero-order chi connectivity index (χ0) is 26.7. The third-order valence-electron chi connectivity index (χ3n) is 4.92. The van der Waals surface area contributed by atoms with Crippen LogP contribution in [0.4, 0.5) is 14.6 Å². The lowest BCUT2D eigenvalue weighted by atomic mass is 10.1. The highest BCUT2D eigenvalue weighted by Gasteiger charge is 2.59. The number of nitrogens with one attached hydrogen (secondary N) is 1. The maximum Gasteiger partial charge on any atom is 0.459 e. The Labute approximate surface area is 209 Å². The molecule has 0 amide bonds. The predicted molar refractivity (Wildman–Crippen MR) is 129 cm³/mol. The van der Waals surface area contributed by atoms with Crippen molar-refractivity contribution in [3.8, 4) is 5.75 Å². The molecule has 198 valence electrons. The molecule has 1 fully saturated rings. The Bertz CT molecular complexity index is 1170. The number of thioether (sulfide) groups is 1. The van der Waals surface area contributed by atoms with Crippen molar-refractivity contribution in [2.24, 2.45) is 0 Å². The molecule has 1 saturated heterocycles. The second kappa shape index (κ2) is 11.3. The summed E-state index contributed by atoms with van der Waals surface area (Å²) in [6, 6.07) is 7.91. The Kier molecular flexibility index (Phi) is 8.78. The number of carbonyl (C=O) groups excluding carboxylic acids is 1. The molecule has 1 aliphatic rings. The van der Waals surface area contributed by atoms with E-state index >= 15 is 0 Å². The van der Waals surface area contributed by atoms with Crippen LogP contribution in [0.2, 0.25) is 0 Å². The molecule has 1 aromatic carbocycles. The molecule has 15 heteroatoms.